The Labute approximate surface area is 107 Å². The second-order valence-corrected chi connectivity index (χ2v) is 4.85. The third-order valence-corrected chi connectivity index (χ3v) is 3.32. The number of hydrogen-bond acceptors (Lipinski definition) is 6. The molecule has 1 aromatic heterocycles. The first-order chi connectivity index (χ1) is 8.67. The molecule has 0 radical (unpaired) electrons. The Bertz CT molecular complexity index is 398. The molecule has 6 nitrogen and oxygen atoms in total. The van der Waals surface area contributed by atoms with E-state index in [-0.39, 0.29) is 12.1 Å². The standard InChI is InChI=1S/C12H21N5O/c1-2-10-15-11(13)17-12(16-10)14-7-8-4-3-5-9(18)6-8/h8-9,18H,2-7H2,1H3,(H3,13,14,15,16,17). The fourth-order valence-corrected chi connectivity index (χ4v) is 2.36. The summed E-state index contributed by atoms with van der Waals surface area (Å²) < 4.78 is 0. The van der Waals surface area contributed by atoms with Gasteiger partial charge in [-0.05, 0) is 25.2 Å². The lowest BCUT2D eigenvalue weighted by molar-refractivity contribution is 0.104. The minimum atomic E-state index is -0.153. The van der Waals surface area contributed by atoms with Crippen molar-refractivity contribution >= 4 is 11.9 Å². The van der Waals surface area contributed by atoms with Gasteiger partial charge in [-0.2, -0.15) is 15.0 Å². The van der Waals surface area contributed by atoms with Gasteiger partial charge in [-0.25, -0.2) is 0 Å². The van der Waals surface area contributed by atoms with Gasteiger partial charge in [0.05, 0.1) is 6.10 Å². The highest BCUT2D eigenvalue weighted by atomic mass is 16.3. The van der Waals surface area contributed by atoms with Gasteiger partial charge in [0, 0.05) is 13.0 Å². The molecule has 6 heteroatoms. The molecule has 1 fully saturated rings. The molecule has 100 valence electrons. The van der Waals surface area contributed by atoms with E-state index in [9.17, 15) is 5.11 Å². The van der Waals surface area contributed by atoms with Crippen LogP contribution in [0.1, 0.15) is 38.4 Å². The number of rotatable bonds is 4. The highest BCUT2D eigenvalue weighted by molar-refractivity contribution is 5.31. The maximum atomic E-state index is 9.61. The molecule has 4 N–H and O–H groups in total. The second-order valence-electron chi connectivity index (χ2n) is 4.85. The lowest BCUT2D eigenvalue weighted by Gasteiger charge is -2.25. The van der Waals surface area contributed by atoms with E-state index in [2.05, 4.69) is 20.3 Å². The molecule has 0 saturated heterocycles. The van der Waals surface area contributed by atoms with Crippen LogP contribution in [0.15, 0.2) is 0 Å². The molecule has 1 aliphatic carbocycles. The van der Waals surface area contributed by atoms with Crippen LogP contribution in [0.3, 0.4) is 0 Å². The number of hydrogen-bond donors (Lipinski definition) is 3. The van der Waals surface area contributed by atoms with Gasteiger partial charge in [-0.15, -0.1) is 0 Å². The van der Waals surface area contributed by atoms with Crippen molar-refractivity contribution in [2.75, 3.05) is 17.6 Å². The van der Waals surface area contributed by atoms with Crippen LogP contribution in [0.25, 0.3) is 0 Å². The third kappa shape index (κ3) is 3.53. The molecule has 2 unspecified atom stereocenters. The number of nitrogens with two attached hydrogens (primary N) is 1. The molecule has 0 aromatic carbocycles. The van der Waals surface area contributed by atoms with Crippen LogP contribution in [0.2, 0.25) is 0 Å². The minimum absolute atomic E-state index is 0.153. The summed E-state index contributed by atoms with van der Waals surface area (Å²) in [5, 5.41) is 12.8. The monoisotopic (exact) mass is 251 g/mol. The molecule has 2 atom stereocenters. The molecular formula is C12H21N5O. The molecular weight excluding hydrogens is 230 g/mol. The van der Waals surface area contributed by atoms with Gasteiger partial charge in [0.1, 0.15) is 5.82 Å². The summed E-state index contributed by atoms with van der Waals surface area (Å²) in [6.45, 7) is 2.76. The van der Waals surface area contributed by atoms with Crippen molar-refractivity contribution in [3.63, 3.8) is 0 Å². The fraction of sp³-hybridized carbons (Fsp3) is 0.750. The number of nitrogens with zero attached hydrogens (tertiary/aromatic N) is 3. The van der Waals surface area contributed by atoms with E-state index in [0.29, 0.717) is 17.7 Å². The van der Waals surface area contributed by atoms with E-state index in [4.69, 9.17) is 5.73 Å². The Balaban J connectivity index is 1.91. The van der Waals surface area contributed by atoms with Crippen molar-refractivity contribution in [3.05, 3.63) is 5.82 Å². The van der Waals surface area contributed by atoms with E-state index in [1.807, 2.05) is 6.92 Å². The number of aliphatic hydroxyl groups excluding tert-OH is 1. The Morgan fingerprint density at radius 3 is 2.89 bits per heavy atom. The second kappa shape index (κ2) is 5.95. The lowest BCUT2D eigenvalue weighted by atomic mass is 9.87. The normalized spacial score (nSPS) is 23.9. The number of nitrogens with one attached hydrogen (secondary N) is 1. The van der Waals surface area contributed by atoms with Crippen LogP contribution in [-0.2, 0) is 6.42 Å². The van der Waals surface area contributed by atoms with Gasteiger partial charge >= 0.3 is 0 Å². The van der Waals surface area contributed by atoms with Gasteiger partial charge in [0.25, 0.3) is 0 Å². The van der Waals surface area contributed by atoms with Gasteiger partial charge in [0.2, 0.25) is 11.9 Å². The van der Waals surface area contributed by atoms with E-state index in [1.54, 1.807) is 0 Å². The topological polar surface area (TPSA) is 97.0 Å². The first kappa shape index (κ1) is 13.0. The van der Waals surface area contributed by atoms with E-state index < -0.39 is 0 Å². The van der Waals surface area contributed by atoms with Crippen LogP contribution in [-0.4, -0.2) is 32.7 Å². The number of aryl methyl sites for hydroxylation is 1. The zero-order valence-corrected chi connectivity index (χ0v) is 10.8. The van der Waals surface area contributed by atoms with Gasteiger partial charge < -0.3 is 16.2 Å². The van der Waals surface area contributed by atoms with E-state index in [0.717, 1.165) is 38.6 Å². The van der Waals surface area contributed by atoms with Crippen LogP contribution in [0, 0.1) is 5.92 Å². The van der Waals surface area contributed by atoms with Crippen molar-refractivity contribution in [1.82, 2.24) is 15.0 Å². The molecule has 1 saturated carbocycles. The van der Waals surface area contributed by atoms with Crippen LogP contribution < -0.4 is 11.1 Å². The molecule has 0 aliphatic heterocycles. The summed E-state index contributed by atoms with van der Waals surface area (Å²) in [5.74, 6) is 1.98. The lowest BCUT2D eigenvalue weighted by Crippen LogP contribution is -2.25. The smallest absolute Gasteiger partial charge is 0.227 e. The fourth-order valence-electron chi connectivity index (χ4n) is 2.36. The molecule has 0 amide bonds. The van der Waals surface area contributed by atoms with Crippen molar-refractivity contribution in [2.24, 2.45) is 5.92 Å². The van der Waals surface area contributed by atoms with Gasteiger partial charge in [-0.3, -0.25) is 0 Å². The van der Waals surface area contributed by atoms with Crippen LogP contribution in [0.4, 0.5) is 11.9 Å². The molecule has 1 aromatic rings. The average Bonchev–Trinajstić information content (AvgIpc) is 2.36. The maximum Gasteiger partial charge on any atom is 0.227 e. The zero-order chi connectivity index (χ0) is 13.0. The van der Waals surface area contributed by atoms with E-state index >= 15 is 0 Å². The summed E-state index contributed by atoms with van der Waals surface area (Å²) in [6.07, 6.45) is 4.60. The predicted molar refractivity (Wildman–Crippen MR) is 70.1 cm³/mol. The quantitative estimate of drug-likeness (QED) is 0.738. The average molecular weight is 251 g/mol. The van der Waals surface area contributed by atoms with Crippen molar-refractivity contribution in [3.8, 4) is 0 Å². The third-order valence-electron chi connectivity index (χ3n) is 3.32. The maximum absolute atomic E-state index is 9.61. The Kier molecular flexibility index (Phi) is 4.30. The van der Waals surface area contributed by atoms with Gasteiger partial charge in [-0.1, -0.05) is 13.3 Å². The summed E-state index contributed by atoms with van der Waals surface area (Å²) in [7, 11) is 0. The predicted octanol–water partition coefficient (Wildman–Crippen LogP) is 0.979. The van der Waals surface area contributed by atoms with E-state index in [1.165, 1.54) is 0 Å². The number of nitrogen functional groups attached to an aromatic ring is 1. The highest BCUT2D eigenvalue weighted by Crippen LogP contribution is 2.24. The summed E-state index contributed by atoms with van der Waals surface area (Å²) in [6, 6.07) is 0. The van der Waals surface area contributed by atoms with Crippen LogP contribution in [0.5, 0.6) is 0 Å². The first-order valence-corrected chi connectivity index (χ1v) is 6.59. The van der Waals surface area contributed by atoms with Crippen molar-refractivity contribution < 1.29 is 5.11 Å². The molecule has 0 spiro atoms. The molecule has 1 heterocycles. The number of aliphatic hydroxyl groups is 1. The Hall–Kier alpha value is -1.43. The molecule has 18 heavy (non-hydrogen) atoms. The SMILES string of the molecule is CCc1nc(N)nc(NCC2CCCC(O)C2)n1. The number of aromatic nitrogens is 3. The molecule has 0 bridgehead atoms. The Morgan fingerprint density at radius 2 is 2.17 bits per heavy atom. The first-order valence-electron chi connectivity index (χ1n) is 6.59. The minimum Gasteiger partial charge on any atom is -0.393 e. The Morgan fingerprint density at radius 1 is 1.33 bits per heavy atom. The largest absolute Gasteiger partial charge is 0.393 e. The number of anilines is 2. The van der Waals surface area contributed by atoms with Gasteiger partial charge in [0.15, 0.2) is 0 Å². The molecule has 2 rings (SSSR count). The van der Waals surface area contributed by atoms with Crippen molar-refractivity contribution in [2.45, 2.75) is 45.1 Å². The zero-order valence-electron chi connectivity index (χ0n) is 10.8. The summed E-state index contributed by atoms with van der Waals surface area (Å²) >= 11 is 0. The summed E-state index contributed by atoms with van der Waals surface area (Å²) in [4.78, 5) is 12.4. The highest BCUT2D eigenvalue weighted by Gasteiger charge is 2.20. The summed E-state index contributed by atoms with van der Waals surface area (Å²) in [5.41, 5.74) is 5.62. The van der Waals surface area contributed by atoms with Crippen LogP contribution >= 0.6 is 0 Å². The molecule has 1 aliphatic rings. The van der Waals surface area contributed by atoms with Crippen molar-refractivity contribution in [1.29, 1.82) is 0 Å².